The van der Waals surface area contributed by atoms with E-state index in [-0.39, 0.29) is 0 Å². The maximum absolute atomic E-state index is 13.3. The SMILES string of the molecule is N#Cc1cc(F)ccc1N1CCn2c(nnc2-c2ccccc2)C1. The molecule has 0 saturated carbocycles. The van der Waals surface area contributed by atoms with Crippen LogP contribution in [0.1, 0.15) is 11.4 Å². The Morgan fingerprint density at radius 3 is 2.67 bits per heavy atom. The molecular formula is C18H14FN5. The highest BCUT2D eigenvalue weighted by Crippen LogP contribution is 2.27. The number of nitrogens with zero attached hydrogens (tertiary/aromatic N) is 5. The van der Waals surface area contributed by atoms with Crippen LogP contribution in [0.5, 0.6) is 0 Å². The first-order valence-corrected chi connectivity index (χ1v) is 7.68. The number of fused-ring (bicyclic) bond motifs is 1. The van der Waals surface area contributed by atoms with Gasteiger partial charge in [-0.25, -0.2) is 4.39 Å². The third kappa shape index (κ3) is 2.40. The van der Waals surface area contributed by atoms with Crippen molar-refractivity contribution in [3.05, 3.63) is 65.7 Å². The molecule has 6 heteroatoms. The molecule has 0 saturated heterocycles. The van der Waals surface area contributed by atoms with Gasteiger partial charge in [0.05, 0.1) is 17.8 Å². The van der Waals surface area contributed by atoms with Gasteiger partial charge < -0.3 is 9.47 Å². The number of anilines is 1. The van der Waals surface area contributed by atoms with Crippen LogP contribution in [0.4, 0.5) is 10.1 Å². The van der Waals surface area contributed by atoms with Crippen molar-refractivity contribution in [1.82, 2.24) is 14.8 Å². The van der Waals surface area contributed by atoms with Crippen LogP contribution < -0.4 is 4.90 Å². The third-order valence-corrected chi connectivity index (χ3v) is 4.20. The minimum Gasteiger partial charge on any atom is -0.361 e. The average molecular weight is 319 g/mol. The molecule has 0 bridgehead atoms. The Morgan fingerprint density at radius 2 is 1.88 bits per heavy atom. The highest BCUT2D eigenvalue weighted by atomic mass is 19.1. The van der Waals surface area contributed by atoms with E-state index in [0.717, 1.165) is 29.4 Å². The Hall–Kier alpha value is -3.20. The fourth-order valence-electron chi connectivity index (χ4n) is 3.04. The molecular weight excluding hydrogens is 305 g/mol. The summed E-state index contributed by atoms with van der Waals surface area (Å²) in [7, 11) is 0. The van der Waals surface area contributed by atoms with Crippen molar-refractivity contribution < 1.29 is 4.39 Å². The molecule has 3 aromatic rings. The summed E-state index contributed by atoms with van der Waals surface area (Å²) in [6.45, 7) is 1.97. The maximum Gasteiger partial charge on any atom is 0.164 e. The van der Waals surface area contributed by atoms with E-state index in [1.807, 2.05) is 35.2 Å². The molecule has 0 fully saturated rings. The van der Waals surface area contributed by atoms with E-state index in [4.69, 9.17) is 0 Å². The first-order valence-electron chi connectivity index (χ1n) is 7.68. The first kappa shape index (κ1) is 14.4. The molecule has 1 aromatic heterocycles. The van der Waals surface area contributed by atoms with Gasteiger partial charge in [-0.15, -0.1) is 10.2 Å². The van der Waals surface area contributed by atoms with E-state index >= 15 is 0 Å². The Kier molecular flexibility index (Phi) is 3.47. The second-order valence-electron chi connectivity index (χ2n) is 5.65. The minimum absolute atomic E-state index is 0.339. The number of aromatic nitrogens is 3. The average Bonchev–Trinajstić information content (AvgIpc) is 3.05. The lowest BCUT2D eigenvalue weighted by Gasteiger charge is -2.30. The van der Waals surface area contributed by atoms with Gasteiger partial charge in [0, 0.05) is 18.7 Å². The number of hydrogen-bond acceptors (Lipinski definition) is 4. The summed E-state index contributed by atoms with van der Waals surface area (Å²) < 4.78 is 15.4. The minimum atomic E-state index is -0.401. The molecule has 0 aliphatic carbocycles. The Bertz CT molecular complexity index is 926. The fourth-order valence-corrected chi connectivity index (χ4v) is 3.04. The van der Waals surface area contributed by atoms with Gasteiger partial charge in [0.2, 0.25) is 0 Å². The van der Waals surface area contributed by atoms with Crippen molar-refractivity contribution >= 4 is 5.69 Å². The van der Waals surface area contributed by atoms with E-state index in [2.05, 4.69) is 20.8 Å². The summed E-state index contributed by atoms with van der Waals surface area (Å²) >= 11 is 0. The van der Waals surface area contributed by atoms with Crippen LogP contribution in [0, 0.1) is 17.1 Å². The second kappa shape index (κ2) is 5.78. The lowest BCUT2D eigenvalue weighted by molar-refractivity contribution is 0.562. The van der Waals surface area contributed by atoms with Crippen molar-refractivity contribution in [3.63, 3.8) is 0 Å². The van der Waals surface area contributed by atoms with E-state index in [0.29, 0.717) is 18.7 Å². The van der Waals surface area contributed by atoms with Crippen LogP contribution in [0.2, 0.25) is 0 Å². The molecule has 24 heavy (non-hydrogen) atoms. The molecule has 118 valence electrons. The van der Waals surface area contributed by atoms with Crippen molar-refractivity contribution in [2.45, 2.75) is 13.1 Å². The Balaban J connectivity index is 1.67. The standard InChI is InChI=1S/C18H14FN5/c19-15-6-7-16(14(10-15)11-20)23-8-9-24-17(12-23)21-22-18(24)13-4-2-1-3-5-13/h1-7,10H,8-9,12H2. The van der Waals surface area contributed by atoms with Gasteiger partial charge in [-0.3, -0.25) is 0 Å². The lowest BCUT2D eigenvalue weighted by Crippen LogP contribution is -2.34. The van der Waals surface area contributed by atoms with Gasteiger partial charge in [0.25, 0.3) is 0 Å². The van der Waals surface area contributed by atoms with Crippen LogP contribution in [-0.4, -0.2) is 21.3 Å². The summed E-state index contributed by atoms with van der Waals surface area (Å²) in [6.07, 6.45) is 0. The Labute approximate surface area is 138 Å². The van der Waals surface area contributed by atoms with Gasteiger partial charge in [-0.2, -0.15) is 5.26 Å². The second-order valence-corrected chi connectivity index (χ2v) is 5.65. The molecule has 2 aromatic carbocycles. The van der Waals surface area contributed by atoms with Crippen molar-refractivity contribution in [2.24, 2.45) is 0 Å². The van der Waals surface area contributed by atoms with Crippen LogP contribution in [0.3, 0.4) is 0 Å². The largest absolute Gasteiger partial charge is 0.361 e. The molecule has 0 radical (unpaired) electrons. The van der Waals surface area contributed by atoms with Gasteiger partial charge in [0.1, 0.15) is 11.9 Å². The molecule has 0 amide bonds. The summed E-state index contributed by atoms with van der Waals surface area (Å²) in [5, 5.41) is 17.9. The molecule has 1 aliphatic heterocycles. The zero-order chi connectivity index (χ0) is 16.5. The van der Waals surface area contributed by atoms with Crippen LogP contribution in [0.25, 0.3) is 11.4 Å². The zero-order valence-electron chi connectivity index (χ0n) is 12.9. The van der Waals surface area contributed by atoms with Gasteiger partial charge >= 0.3 is 0 Å². The molecule has 0 atom stereocenters. The first-order chi connectivity index (χ1) is 11.8. The van der Waals surface area contributed by atoms with Crippen LogP contribution >= 0.6 is 0 Å². The monoisotopic (exact) mass is 319 g/mol. The van der Waals surface area contributed by atoms with E-state index in [1.54, 1.807) is 6.07 Å². The predicted molar refractivity (Wildman–Crippen MR) is 87.6 cm³/mol. The number of benzene rings is 2. The summed E-state index contributed by atoms with van der Waals surface area (Å²) in [6, 6.07) is 16.3. The molecule has 1 aliphatic rings. The van der Waals surface area contributed by atoms with Crippen molar-refractivity contribution in [3.8, 4) is 17.5 Å². The molecule has 0 spiro atoms. The van der Waals surface area contributed by atoms with Crippen molar-refractivity contribution in [2.75, 3.05) is 11.4 Å². The van der Waals surface area contributed by atoms with Crippen LogP contribution in [0.15, 0.2) is 48.5 Å². The molecule has 4 rings (SSSR count). The summed E-state index contributed by atoms with van der Waals surface area (Å²) in [4.78, 5) is 2.04. The van der Waals surface area contributed by atoms with Crippen LogP contribution in [-0.2, 0) is 13.1 Å². The molecule has 0 N–H and O–H groups in total. The number of nitriles is 1. The summed E-state index contributed by atoms with van der Waals surface area (Å²) in [5.41, 5.74) is 2.10. The van der Waals surface area contributed by atoms with E-state index < -0.39 is 5.82 Å². The normalized spacial score (nSPS) is 13.4. The van der Waals surface area contributed by atoms with Crippen molar-refractivity contribution in [1.29, 1.82) is 5.26 Å². The molecule has 0 unspecified atom stereocenters. The topological polar surface area (TPSA) is 57.7 Å². The Morgan fingerprint density at radius 1 is 1.04 bits per heavy atom. The molecule has 2 heterocycles. The van der Waals surface area contributed by atoms with E-state index in [1.165, 1.54) is 12.1 Å². The maximum atomic E-state index is 13.3. The predicted octanol–water partition coefficient (Wildman–Crippen LogP) is 2.98. The fraction of sp³-hybridized carbons (Fsp3) is 0.167. The smallest absolute Gasteiger partial charge is 0.164 e. The highest BCUT2D eigenvalue weighted by molar-refractivity contribution is 5.60. The highest BCUT2D eigenvalue weighted by Gasteiger charge is 2.23. The number of halogens is 1. The summed E-state index contributed by atoms with van der Waals surface area (Å²) in [5.74, 6) is 1.29. The van der Waals surface area contributed by atoms with E-state index in [9.17, 15) is 9.65 Å². The van der Waals surface area contributed by atoms with Gasteiger partial charge in [0.15, 0.2) is 11.6 Å². The lowest BCUT2D eigenvalue weighted by atomic mass is 10.1. The van der Waals surface area contributed by atoms with Gasteiger partial charge in [-0.05, 0) is 18.2 Å². The third-order valence-electron chi connectivity index (χ3n) is 4.20. The van der Waals surface area contributed by atoms with Gasteiger partial charge in [-0.1, -0.05) is 30.3 Å². The molecule has 5 nitrogen and oxygen atoms in total. The zero-order valence-corrected chi connectivity index (χ0v) is 12.9. The number of rotatable bonds is 2. The quantitative estimate of drug-likeness (QED) is 0.728. The number of hydrogen-bond donors (Lipinski definition) is 0.